The zero-order valence-corrected chi connectivity index (χ0v) is 9.43. The van der Waals surface area contributed by atoms with Crippen LogP contribution in [0.2, 0.25) is 0 Å². The van der Waals surface area contributed by atoms with Crippen LogP contribution in [0.15, 0.2) is 30.5 Å². The van der Waals surface area contributed by atoms with Crippen LogP contribution in [0, 0.1) is 0 Å². The number of carbonyl (C=O) groups excluding carboxylic acids is 1. The van der Waals surface area contributed by atoms with Gasteiger partial charge >= 0.3 is 0 Å². The fourth-order valence-electron chi connectivity index (χ4n) is 1.47. The van der Waals surface area contributed by atoms with Crippen LogP contribution in [0.3, 0.4) is 0 Å². The fraction of sp³-hybridized carbons (Fsp3) is 0.0909. The monoisotopic (exact) mass is 234 g/mol. The second kappa shape index (κ2) is 4.32. The molecule has 16 heavy (non-hydrogen) atoms. The third-order valence-electron chi connectivity index (χ3n) is 2.23. The van der Waals surface area contributed by atoms with Gasteiger partial charge in [-0.3, -0.25) is 10.1 Å². The van der Waals surface area contributed by atoms with Gasteiger partial charge in [-0.15, -0.1) is 0 Å². The standard InChI is InChI=1S/C11H10N2O2S/c1-15-11(16)13-10(14)8-6-12-9-5-3-2-4-7(8)9/h2-6,12H,1H3,(H,13,14,16). The zero-order chi connectivity index (χ0) is 11.5. The van der Waals surface area contributed by atoms with Crippen LogP contribution >= 0.6 is 12.2 Å². The minimum Gasteiger partial charge on any atom is -0.474 e. The zero-order valence-electron chi connectivity index (χ0n) is 8.61. The second-order valence-corrected chi connectivity index (χ2v) is 3.56. The highest BCUT2D eigenvalue weighted by atomic mass is 32.1. The van der Waals surface area contributed by atoms with E-state index < -0.39 is 0 Å². The Morgan fingerprint density at radius 2 is 2.19 bits per heavy atom. The van der Waals surface area contributed by atoms with Gasteiger partial charge in [0, 0.05) is 17.1 Å². The summed E-state index contributed by atoms with van der Waals surface area (Å²) in [5, 5.41) is 3.40. The maximum atomic E-state index is 11.8. The number of aromatic amines is 1. The predicted molar refractivity (Wildman–Crippen MR) is 65.4 cm³/mol. The number of thiocarbonyl (C=S) groups is 1. The molecule has 2 N–H and O–H groups in total. The van der Waals surface area contributed by atoms with Crippen molar-refractivity contribution in [3.05, 3.63) is 36.0 Å². The molecule has 0 radical (unpaired) electrons. The van der Waals surface area contributed by atoms with Crippen molar-refractivity contribution in [2.75, 3.05) is 7.11 Å². The number of H-pyrrole nitrogens is 1. The Hall–Kier alpha value is -1.88. The molecular formula is C11H10N2O2S. The summed E-state index contributed by atoms with van der Waals surface area (Å²) in [5.74, 6) is -0.274. The Morgan fingerprint density at radius 3 is 2.94 bits per heavy atom. The Kier molecular flexibility index (Phi) is 2.87. The average molecular weight is 234 g/mol. The maximum absolute atomic E-state index is 11.8. The first-order valence-electron chi connectivity index (χ1n) is 4.68. The van der Waals surface area contributed by atoms with Crippen LogP contribution in [0.5, 0.6) is 0 Å². The van der Waals surface area contributed by atoms with E-state index in [-0.39, 0.29) is 11.1 Å². The van der Waals surface area contributed by atoms with Crippen molar-refractivity contribution in [1.82, 2.24) is 10.3 Å². The number of aromatic nitrogens is 1. The Labute approximate surface area is 97.6 Å². The van der Waals surface area contributed by atoms with Crippen molar-refractivity contribution >= 4 is 34.2 Å². The van der Waals surface area contributed by atoms with E-state index in [0.717, 1.165) is 10.9 Å². The summed E-state index contributed by atoms with van der Waals surface area (Å²) in [7, 11) is 1.41. The number of methoxy groups -OCH3 is 1. The number of carbonyl (C=O) groups is 1. The molecule has 0 fully saturated rings. The molecule has 0 saturated heterocycles. The van der Waals surface area contributed by atoms with Gasteiger partial charge in [0.15, 0.2) is 0 Å². The lowest BCUT2D eigenvalue weighted by molar-refractivity contribution is 0.0972. The van der Waals surface area contributed by atoms with E-state index in [2.05, 4.69) is 10.3 Å². The molecule has 1 heterocycles. The van der Waals surface area contributed by atoms with Crippen molar-refractivity contribution in [1.29, 1.82) is 0 Å². The molecule has 2 rings (SSSR count). The predicted octanol–water partition coefficient (Wildman–Crippen LogP) is 1.83. The molecule has 0 unspecified atom stereocenters. The van der Waals surface area contributed by atoms with E-state index in [9.17, 15) is 4.79 Å². The van der Waals surface area contributed by atoms with Gasteiger partial charge in [0.25, 0.3) is 11.1 Å². The number of para-hydroxylation sites is 1. The number of hydrogen-bond donors (Lipinski definition) is 2. The summed E-state index contributed by atoms with van der Waals surface area (Å²) >= 11 is 4.76. The van der Waals surface area contributed by atoms with E-state index in [1.165, 1.54) is 7.11 Å². The molecule has 2 aromatic rings. The SMILES string of the molecule is COC(=S)NC(=O)c1c[nH]c2ccccc12. The number of benzene rings is 1. The summed E-state index contributed by atoms with van der Waals surface area (Å²) in [6.07, 6.45) is 1.65. The van der Waals surface area contributed by atoms with E-state index in [1.54, 1.807) is 6.20 Å². The third-order valence-corrected chi connectivity index (χ3v) is 2.50. The van der Waals surface area contributed by atoms with Gasteiger partial charge in [-0.2, -0.15) is 0 Å². The molecule has 1 aromatic carbocycles. The smallest absolute Gasteiger partial charge is 0.263 e. The van der Waals surface area contributed by atoms with Crippen molar-refractivity contribution in [2.24, 2.45) is 0 Å². The van der Waals surface area contributed by atoms with Crippen molar-refractivity contribution < 1.29 is 9.53 Å². The minimum absolute atomic E-state index is 0.0651. The molecule has 0 bridgehead atoms. The summed E-state index contributed by atoms with van der Waals surface area (Å²) < 4.78 is 4.72. The number of nitrogens with one attached hydrogen (secondary N) is 2. The van der Waals surface area contributed by atoms with Crippen LogP contribution < -0.4 is 5.32 Å². The van der Waals surface area contributed by atoms with E-state index in [0.29, 0.717) is 5.56 Å². The van der Waals surface area contributed by atoms with E-state index >= 15 is 0 Å². The summed E-state index contributed by atoms with van der Waals surface area (Å²) in [6.45, 7) is 0. The Balaban J connectivity index is 2.33. The molecule has 0 atom stereocenters. The second-order valence-electron chi connectivity index (χ2n) is 3.19. The molecule has 1 amide bonds. The topological polar surface area (TPSA) is 54.1 Å². The van der Waals surface area contributed by atoms with Gasteiger partial charge in [0.2, 0.25) is 0 Å². The highest BCUT2D eigenvalue weighted by molar-refractivity contribution is 7.80. The molecule has 0 aliphatic heterocycles. The molecule has 0 saturated carbocycles. The number of fused-ring (bicyclic) bond motifs is 1. The lowest BCUT2D eigenvalue weighted by Crippen LogP contribution is -2.29. The summed E-state index contributed by atoms with van der Waals surface area (Å²) in [5.41, 5.74) is 1.46. The van der Waals surface area contributed by atoms with E-state index in [1.807, 2.05) is 24.3 Å². The molecule has 0 spiro atoms. The van der Waals surface area contributed by atoms with Crippen LogP contribution in [-0.4, -0.2) is 23.2 Å². The largest absolute Gasteiger partial charge is 0.474 e. The normalized spacial score (nSPS) is 10.1. The lowest BCUT2D eigenvalue weighted by Gasteiger charge is -2.03. The first-order chi connectivity index (χ1) is 7.72. The van der Waals surface area contributed by atoms with Crippen LogP contribution in [0.25, 0.3) is 10.9 Å². The number of amides is 1. The first-order valence-corrected chi connectivity index (χ1v) is 5.08. The van der Waals surface area contributed by atoms with Crippen LogP contribution in [0.4, 0.5) is 0 Å². The number of ether oxygens (including phenoxy) is 1. The first kappa shape index (κ1) is 10.6. The molecule has 4 nitrogen and oxygen atoms in total. The molecule has 0 aliphatic rings. The highest BCUT2D eigenvalue weighted by Gasteiger charge is 2.12. The number of hydrogen-bond acceptors (Lipinski definition) is 3. The molecule has 82 valence electrons. The van der Waals surface area contributed by atoms with Crippen LogP contribution in [-0.2, 0) is 4.74 Å². The Bertz CT molecular complexity index is 548. The average Bonchev–Trinajstić information content (AvgIpc) is 2.72. The van der Waals surface area contributed by atoms with Gasteiger partial charge in [0.1, 0.15) is 0 Å². The van der Waals surface area contributed by atoms with Gasteiger partial charge < -0.3 is 9.72 Å². The van der Waals surface area contributed by atoms with Crippen molar-refractivity contribution in [2.45, 2.75) is 0 Å². The minimum atomic E-state index is -0.274. The van der Waals surface area contributed by atoms with Gasteiger partial charge in [-0.05, 0) is 18.3 Å². The van der Waals surface area contributed by atoms with Crippen LogP contribution in [0.1, 0.15) is 10.4 Å². The molecule has 1 aromatic heterocycles. The summed E-state index contributed by atoms with van der Waals surface area (Å²) in [6, 6.07) is 7.55. The maximum Gasteiger partial charge on any atom is 0.263 e. The molecular weight excluding hydrogens is 224 g/mol. The van der Waals surface area contributed by atoms with Gasteiger partial charge in [-0.25, -0.2) is 0 Å². The highest BCUT2D eigenvalue weighted by Crippen LogP contribution is 2.17. The van der Waals surface area contributed by atoms with Crippen molar-refractivity contribution in [3.8, 4) is 0 Å². The fourth-order valence-corrected chi connectivity index (χ4v) is 1.56. The molecule has 0 aliphatic carbocycles. The molecule has 5 heteroatoms. The summed E-state index contributed by atoms with van der Waals surface area (Å²) in [4.78, 5) is 14.8. The quantitative estimate of drug-likeness (QED) is 0.740. The van der Waals surface area contributed by atoms with Gasteiger partial charge in [-0.1, -0.05) is 18.2 Å². The van der Waals surface area contributed by atoms with E-state index in [4.69, 9.17) is 17.0 Å². The number of rotatable bonds is 1. The third kappa shape index (κ3) is 1.90. The van der Waals surface area contributed by atoms with Gasteiger partial charge in [0.05, 0.1) is 12.7 Å². The van der Waals surface area contributed by atoms with Crippen molar-refractivity contribution in [3.63, 3.8) is 0 Å². The lowest BCUT2D eigenvalue weighted by atomic mass is 10.2. The Morgan fingerprint density at radius 1 is 1.44 bits per heavy atom.